The second-order valence-corrected chi connectivity index (χ2v) is 3.90. The molecule has 1 aromatic carbocycles. The van der Waals surface area contributed by atoms with E-state index >= 15 is 0 Å². The van der Waals surface area contributed by atoms with E-state index in [4.69, 9.17) is 15.2 Å². The monoisotopic (exact) mass is 238 g/mol. The molecule has 0 bridgehead atoms. The van der Waals surface area contributed by atoms with Crippen LogP contribution in [0.1, 0.15) is 17.5 Å². The number of hydrogen-bond donors (Lipinski definition) is 2. The van der Waals surface area contributed by atoms with Crippen molar-refractivity contribution in [2.75, 3.05) is 27.3 Å². The number of ether oxygens (including phenoxy) is 2. The van der Waals surface area contributed by atoms with E-state index in [2.05, 4.69) is 5.32 Å². The van der Waals surface area contributed by atoms with E-state index in [1.165, 1.54) is 0 Å². The lowest BCUT2D eigenvalue weighted by molar-refractivity contribution is 0.384. The maximum atomic E-state index is 5.44. The molecule has 4 heteroatoms. The van der Waals surface area contributed by atoms with Crippen LogP contribution in [0.3, 0.4) is 0 Å². The SMILES string of the molecule is COc1ccc(CNCCCN)c(OC)c1C. The molecule has 0 spiro atoms. The van der Waals surface area contributed by atoms with Crippen molar-refractivity contribution < 1.29 is 9.47 Å². The molecule has 1 aromatic rings. The second-order valence-electron chi connectivity index (χ2n) is 3.90. The normalized spacial score (nSPS) is 10.4. The van der Waals surface area contributed by atoms with Crippen molar-refractivity contribution in [3.63, 3.8) is 0 Å². The molecule has 96 valence electrons. The Morgan fingerprint density at radius 2 is 2.00 bits per heavy atom. The van der Waals surface area contributed by atoms with Gasteiger partial charge in [0.05, 0.1) is 14.2 Å². The Kier molecular flexibility index (Phi) is 5.80. The molecule has 0 saturated heterocycles. The van der Waals surface area contributed by atoms with Crippen LogP contribution in [0.4, 0.5) is 0 Å². The molecular formula is C13H22N2O2. The Morgan fingerprint density at radius 3 is 2.59 bits per heavy atom. The fourth-order valence-corrected chi connectivity index (χ4v) is 1.82. The van der Waals surface area contributed by atoms with Gasteiger partial charge in [-0.2, -0.15) is 0 Å². The van der Waals surface area contributed by atoms with E-state index in [0.717, 1.165) is 42.1 Å². The Labute approximate surface area is 103 Å². The lowest BCUT2D eigenvalue weighted by Crippen LogP contribution is -2.18. The van der Waals surface area contributed by atoms with Crippen LogP contribution in [0.2, 0.25) is 0 Å². The van der Waals surface area contributed by atoms with Gasteiger partial charge in [-0.05, 0) is 32.5 Å². The molecule has 0 amide bonds. The van der Waals surface area contributed by atoms with Crippen LogP contribution in [0.15, 0.2) is 12.1 Å². The first kappa shape index (κ1) is 13.8. The standard InChI is InChI=1S/C13H22N2O2/c1-10-12(16-2)6-5-11(13(10)17-3)9-15-8-4-7-14/h5-6,15H,4,7-9,14H2,1-3H3. The van der Waals surface area contributed by atoms with Crippen molar-refractivity contribution >= 4 is 0 Å². The Bertz CT molecular complexity index is 354. The van der Waals surface area contributed by atoms with Crippen molar-refractivity contribution in [1.82, 2.24) is 5.32 Å². The highest BCUT2D eigenvalue weighted by atomic mass is 16.5. The Balaban J connectivity index is 2.74. The van der Waals surface area contributed by atoms with E-state index in [1.54, 1.807) is 14.2 Å². The number of benzene rings is 1. The summed E-state index contributed by atoms with van der Waals surface area (Å²) in [6, 6.07) is 4.00. The predicted molar refractivity (Wildman–Crippen MR) is 69.7 cm³/mol. The first-order valence-corrected chi connectivity index (χ1v) is 5.85. The summed E-state index contributed by atoms with van der Waals surface area (Å²) in [5.41, 5.74) is 7.62. The maximum absolute atomic E-state index is 5.44. The summed E-state index contributed by atoms with van der Waals surface area (Å²) < 4.78 is 10.7. The smallest absolute Gasteiger partial charge is 0.129 e. The molecule has 17 heavy (non-hydrogen) atoms. The minimum absolute atomic E-state index is 0.714. The van der Waals surface area contributed by atoms with Gasteiger partial charge in [0.25, 0.3) is 0 Å². The summed E-state index contributed by atoms with van der Waals surface area (Å²) in [6.07, 6.45) is 0.984. The van der Waals surface area contributed by atoms with Gasteiger partial charge in [0, 0.05) is 17.7 Å². The summed E-state index contributed by atoms with van der Waals surface area (Å²) in [5, 5.41) is 3.34. The zero-order valence-corrected chi connectivity index (χ0v) is 10.9. The lowest BCUT2D eigenvalue weighted by Gasteiger charge is -2.14. The van der Waals surface area contributed by atoms with E-state index in [0.29, 0.717) is 6.54 Å². The third-order valence-corrected chi connectivity index (χ3v) is 2.73. The van der Waals surface area contributed by atoms with Gasteiger partial charge in [0.1, 0.15) is 11.5 Å². The highest BCUT2D eigenvalue weighted by molar-refractivity contribution is 5.49. The van der Waals surface area contributed by atoms with Crippen LogP contribution in [0, 0.1) is 6.92 Å². The Morgan fingerprint density at radius 1 is 1.24 bits per heavy atom. The highest BCUT2D eigenvalue weighted by Gasteiger charge is 2.10. The molecule has 0 aromatic heterocycles. The maximum Gasteiger partial charge on any atom is 0.129 e. The van der Waals surface area contributed by atoms with Crippen molar-refractivity contribution in [3.05, 3.63) is 23.3 Å². The molecule has 0 aliphatic rings. The minimum atomic E-state index is 0.714. The minimum Gasteiger partial charge on any atom is -0.496 e. The number of hydrogen-bond acceptors (Lipinski definition) is 4. The van der Waals surface area contributed by atoms with Gasteiger partial charge in [-0.3, -0.25) is 0 Å². The van der Waals surface area contributed by atoms with Crippen molar-refractivity contribution in [2.24, 2.45) is 5.73 Å². The molecule has 0 fully saturated rings. The molecule has 0 heterocycles. The highest BCUT2D eigenvalue weighted by Crippen LogP contribution is 2.31. The molecule has 3 N–H and O–H groups in total. The van der Waals surface area contributed by atoms with Crippen molar-refractivity contribution in [3.8, 4) is 11.5 Å². The summed E-state index contributed by atoms with van der Waals surface area (Å²) in [7, 11) is 3.35. The van der Waals surface area contributed by atoms with E-state index in [1.807, 2.05) is 19.1 Å². The van der Waals surface area contributed by atoms with Crippen LogP contribution in [-0.4, -0.2) is 27.3 Å². The zero-order valence-electron chi connectivity index (χ0n) is 10.9. The quantitative estimate of drug-likeness (QED) is 0.706. The van der Waals surface area contributed by atoms with Gasteiger partial charge in [-0.25, -0.2) is 0 Å². The van der Waals surface area contributed by atoms with E-state index in [9.17, 15) is 0 Å². The number of methoxy groups -OCH3 is 2. The number of nitrogens with two attached hydrogens (primary N) is 1. The molecule has 4 nitrogen and oxygen atoms in total. The number of rotatable bonds is 7. The third-order valence-electron chi connectivity index (χ3n) is 2.73. The van der Waals surface area contributed by atoms with Gasteiger partial charge in [0.2, 0.25) is 0 Å². The first-order chi connectivity index (χ1) is 8.24. The van der Waals surface area contributed by atoms with Gasteiger partial charge < -0.3 is 20.5 Å². The van der Waals surface area contributed by atoms with Gasteiger partial charge in [-0.15, -0.1) is 0 Å². The summed E-state index contributed by atoms with van der Waals surface area (Å²) in [5.74, 6) is 1.75. The molecular weight excluding hydrogens is 216 g/mol. The predicted octanol–water partition coefficient (Wildman–Crippen LogP) is 1.45. The molecule has 0 aliphatic carbocycles. The lowest BCUT2D eigenvalue weighted by atomic mass is 10.1. The van der Waals surface area contributed by atoms with E-state index < -0.39 is 0 Å². The summed E-state index contributed by atoms with van der Waals surface area (Å²) >= 11 is 0. The molecule has 0 saturated carbocycles. The zero-order chi connectivity index (χ0) is 12.7. The van der Waals surface area contributed by atoms with Gasteiger partial charge >= 0.3 is 0 Å². The first-order valence-electron chi connectivity index (χ1n) is 5.85. The van der Waals surface area contributed by atoms with Crippen molar-refractivity contribution in [1.29, 1.82) is 0 Å². The third kappa shape index (κ3) is 3.61. The van der Waals surface area contributed by atoms with Crippen LogP contribution >= 0.6 is 0 Å². The van der Waals surface area contributed by atoms with Gasteiger partial charge in [0.15, 0.2) is 0 Å². The summed E-state index contributed by atoms with van der Waals surface area (Å²) in [4.78, 5) is 0. The average molecular weight is 238 g/mol. The fraction of sp³-hybridized carbons (Fsp3) is 0.538. The number of nitrogens with one attached hydrogen (secondary N) is 1. The topological polar surface area (TPSA) is 56.5 Å². The molecule has 0 atom stereocenters. The molecule has 0 aliphatic heterocycles. The Hall–Kier alpha value is -1.26. The second kappa shape index (κ2) is 7.14. The van der Waals surface area contributed by atoms with Crippen LogP contribution in [-0.2, 0) is 6.54 Å². The summed E-state index contributed by atoms with van der Waals surface area (Å²) in [6.45, 7) is 4.42. The van der Waals surface area contributed by atoms with Crippen LogP contribution in [0.25, 0.3) is 0 Å². The largest absolute Gasteiger partial charge is 0.496 e. The van der Waals surface area contributed by atoms with Gasteiger partial charge in [-0.1, -0.05) is 6.07 Å². The average Bonchev–Trinajstić information content (AvgIpc) is 2.35. The van der Waals surface area contributed by atoms with E-state index in [-0.39, 0.29) is 0 Å². The molecule has 1 rings (SSSR count). The molecule has 0 unspecified atom stereocenters. The van der Waals surface area contributed by atoms with Crippen LogP contribution in [0.5, 0.6) is 11.5 Å². The molecule has 0 radical (unpaired) electrons. The fourth-order valence-electron chi connectivity index (χ4n) is 1.82. The van der Waals surface area contributed by atoms with Crippen LogP contribution < -0.4 is 20.5 Å². The van der Waals surface area contributed by atoms with Crippen molar-refractivity contribution in [2.45, 2.75) is 19.9 Å².